The molecule has 0 aliphatic carbocycles. The predicted octanol–water partition coefficient (Wildman–Crippen LogP) is 4.82. The molecule has 0 saturated carbocycles. The first-order valence-electron chi connectivity index (χ1n) is 7.76. The second kappa shape index (κ2) is 6.74. The van der Waals surface area contributed by atoms with Crippen LogP contribution >= 0.6 is 0 Å². The molecule has 2 heterocycles. The number of benzene rings is 1. The fourth-order valence-electron chi connectivity index (χ4n) is 2.53. The van der Waals surface area contributed by atoms with Gasteiger partial charge < -0.3 is 9.88 Å². The van der Waals surface area contributed by atoms with Crippen LogP contribution in [0.1, 0.15) is 25.7 Å². The molecule has 0 spiro atoms. The van der Waals surface area contributed by atoms with Crippen molar-refractivity contribution in [2.24, 2.45) is 0 Å². The van der Waals surface area contributed by atoms with E-state index < -0.39 is 23.9 Å². The smallest absolute Gasteiger partial charge is 0.324 e. The highest BCUT2D eigenvalue weighted by Crippen LogP contribution is 2.34. The molecule has 0 fully saturated rings. The van der Waals surface area contributed by atoms with Crippen LogP contribution in [0.3, 0.4) is 0 Å². The predicted molar refractivity (Wildman–Crippen MR) is 88.3 cm³/mol. The molecule has 5 nitrogen and oxygen atoms in total. The summed E-state index contributed by atoms with van der Waals surface area (Å²) in [7, 11) is 0. The van der Waals surface area contributed by atoms with Gasteiger partial charge in [-0.05, 0) is 26.0 Å². The lowest BCUT2D eigenvalue weighted by Crippen LogP contribution is -2.17. The molecule has 0 saturated heterocycles. The van der Waals surface area contributed by atoms with Crippen LogP contribution in [0, 0.1) is 5.82 Å². The van der Waals surface area contributed by atoms with Gasteiger partial charge in [0, 0.05) is 11.7 Å². The van der Waals surface area contributed by atoms with Gasteiger partial charge in [-0.25, -0.2) is 19.3 Å². The lowest BCUT2D eigenvalue weighted by molar-refractivity contribution is -0.147. The summed E-state index contributed by atoms with van der Waals surface area (Å²) in [4.78, 5) is 11.3. The summed E-state index contributed by atoms with van der Waals surface area (Å²) in [5.74, 6) is -1.87. The minimum absolute atomic E-state index is 0.0664. The molecule has 0 atom stereocenters. The van der Waals surface area contributed by atoms with E-state index in [0.717, 1.165) is 17.0 Å². The van der Waals surface area contributed by atoms with Gasteiger partial charge in [-0.2, -0.15) is 13.2 Å². The standard InChI is InChI=1S/C17H15F4N5/c1-10(2)26-13(9-22-15(26)17(19,20)21)14-12(18)8-23-16(25-14)24-11-6-4-3-5-7-11/h3-10H,1-2H3,(H,23,24,25). The number of halogens is 4. The van der Waals surface area contributed by atoms with E-state index in [1.165, 1.54) is 0 Å². The summed E-state index contributed by atoms with van der Waals surface area (Å²) in [6, 6.07) is 8.32. The molecule has 0 aliphatic heterocycles. The number of alkyl halides is 3. The molecule has 9 heteroatoms. The topological polar surface area (TPSA) is 55.6 Å². The van der Waals surface area contributed by atoms with Crippen molar-refractivity contribution in [3.8, 4) is 11.4 Å². The Kier molecular flexibility index (Phi) is 4.62. The number of para-hydroxylation sites is 1. The Labute approximate surface area is 146 Å². The molecular formula is C17H15F4N5. The average Bonchev–Trinajstić information content (AvgIpc) is 3.03. The van der Waals surface area contributed by atoms with Crippen LogP contribution in [0.15, 0.2) is 42.7 Å². The van der Waals surface area contributed by atoms with Crippen molar-refractivity contribution in [1.82, 2.24) is 19.5 Å². The largest absolute Gasteiger partial charge is 0.449 e. The molecule has 136 valence electrons. The maximum atomic E-state index is 14.3. The lowest BCUT2D eigenvalue weighted by atomic mass is 10.2. The quantitative estimate of drug-likeness (QED) is 0.674. The van der Waals surface area contributed by atoms with Gasteiger partial charge in [0.2, 0.25) is 11.8 Å². The van der Waals surface area contributed by atoms with Gasteiger partial charge in [-0.1, -0.05) is 18.2 Å². The number of rotatable bonds is 4. The van der Waals surface area contributed by atoms with Crippen LogP contribution < -0.4 is 5.32 Å². The molecule has 1 N–H and O–H groups in total. The van der Waals surface area contributed by atoms with Crippen LogP contribution in [0.4, 0.5) is 29.2 Å². The molecule has 0 radical (unpaired) electrons. The average molecular weight is 365 g/mol. The highest BCUT2D eigenvalue weighted by molar-refractivity contribution is 5.60. The molecule has 3 rings (SSSR count). The van der Waals surface area contributed by atoms with Crippen molar-refractivity contribution in [1.29, 1.82) is 0 Å². The zero-order chi connectivity index (χ0) is 18.9. The monoisotopic (exact) mass is 365 g/mol. The van der Waals surface area contributed by atoms with Gasteiger partial charge in [-0.3, -0.25) is 0 Å². The number of hydrogen-bond donors (Lipinski definition) is 1. The Morgan fingerprint density at radius 3 is 2.35 bits per heavy atom. The van der Waals surface area contributed by atoms with E-state index in [2.05, 4.69) is 20.3 Å². The second-order valence-corrected chi connectivity index (χ2v) is 5.81. The molecule has 0 bridgehead atoms. The SMILES string of the molecule is CC(C)n1c(-c2nc(Nc3ccccc3)ncc2F)cnc1C(F)(F)F. The second-order valence-electron chi connectivity index (χ2n) is 5.81. The van der Waals surface area contributed by atoms with Crippen molar-refractivity contribution in [2.75, 3.05) is 5.32 Å². The summed E-state index contributed by atoms with van der Waals surface area (Å²) in [5.41, 5.74) is 0.344. The van der Waals surface area contributed by atoms with Gasteiger partial charge in [0.1, 0.15) is 5.69 Å². The molecule has 0 unspecified atom stereocenters. The van der Waals surface area contributed by atoms with Gasteiger partial charge in [0.05, 0.1) is 18.1 Å². The van der Waals surface area contributed by atoms with E-state index in [4.69, 9.17) is 0 Å². The van der Waals surface area contributed by atoms with E-state index in [-0.39, 0.29) is 17.3 Å². The van der Waals surface area contributed by atoms with Gasteiger partial charge in [0.25, 0.3) is 0 Å². The summed E-state index contributed by atoms with van der Waals surface area (Å²) >= 11 is 0. The Morgan fingerprint density at radius 1 is 1.04 bits per heavy atom. The third-order valence-electron chi connectivity index (χ3n) is 3.58. The van der Waals surface area contributed by atoms with Crippen LogP contribution in [-0.2, 0) is 6.18 Å². The van der Waals surface area contributed by atoms with Crippen LogP contribution in [0.2, 0.25) is 0 Å². The number of imidazole rings is 1. The fourth-order valence-corrected chi connectivity index (χ4v) is 2.53. The number of aromatic nitrogens is 4. The summed E-state index contributed by atoms with van der Waals surface area (Å²) < 4.78 is 54.7. The van der Waals surface area contributed by atoms with E-state index >= 15 is 0 Å². The molecule has 0 amide bonds. The number of anilines is 2. The van der Waals surface area contributed by atoms with E-state index in [1.807, 2.05) is 6.07 Å². The molecule has 1 aromatic carbocycles. The van der Waals surface area contributed by atoms with Crippen molar-refractivity contribution in [3.05, 3.63) is 54.4 Å². The van der Waals surface area contributed by atoms with Crippen molar-refractivity contribution in [2.45, 2.75) is 26.1 Å². The van der Waals surface area contributed by atoms with Crippen molar-refractivity contribution < 1.29 is 17.6 Å². The minimum atomic E-state index is -4.66. The third kappa shape index (κ3) is 3.51. The van der Waals surface area contributed by atoms with Gasteiger partial charge in [0.15, 0.2) is 5.82 Å². The number of hydrogen-bond acceptors (Lipinski definition) is 4. The van der Waals surface area contributed by atoms with Gasteiger partial charge in [-0.15, -0.1) is 0 Å². The number of nitrogens with one attached hydrogen (secondary N) is 1. The number of nitrogens with zero attached hydrogens (tertiary/aromatic N) is 4. The summed E-state index contributed by atoms with van der Waals surface area (Å²) in [6.07, 6.45) is -2.77. The van der Waals surface area contributed by atoms with E-state index in [1.54, 1.807) is 38.1 Å². The van der Waals surface area contributed by atoms with Gasteiger partial charge >= 0.3 is 6.18 Å². The zero-order valence-electron chi connectivity index (χ0n) is 13.9. The van der Waals surface area contributed by atoms with E-state index in [9.17, 15) is 17.6 Å². The molecule has 26 heavy (non-hydrogen) atoms. The van der Waals surface area contributed by atoms with Crippen molar-refractivity contribution >= 4 is 11.6 Å². The minimum Gasteiger partial charge on any atom is -0.324 e. The molecule has 2 aromatic heterocycles. The fraction of sp³-hybridized carbons (Fsp3) is 0.235. The maximum Gasteiger partial charge on any atom is 0.449 e. The maximum absolute atomic E-state index is 14.3. The highest BCUT2D eigenvalue weighted by atomic mass is 19.4. The third-order valence-corrected chi connectivity index (χ3v) is 3.58. The normalized spacial score (nSPS) is 11.8. The summed E-state index contributed by atoms with van der Waals surface area (Å²) in [6.45, 7) is 3.12. The lowest BCUT2D eigenvalue weighted by Gasteiger charge is -2.17. The summed E-state index contributed by atoms with van der Waals surface area (Å²) in [5, 5.41) is 2.89. The van der Waals surface area contributed by atoms with Crippen LogP contribution in [0.5, 0.6) is 0 Å². The first-order valence-corrected chi connectivity index (χ1v) is 7.76. The molecular weight excluding hydrogens is 350 g/mol. The zero-order valence-corrected chi connectivity index (χ0v) is 13.9. The van der Waals surface area contributed by atoms with Crippen LogP contribution in [0.25, 0.3) is 11.4 Å². The molecule has 3 aromatic rings. The van der Waals surface area contributed by atoms with Crippen molar-refractivity contribution in [3.63, 3.8) is 0 Å². The highest BCUT2D eigenvalue weighted by Gasteiger charge is 2.38. The Morgan fingerprint density at radius 2 is 1.73 bits per heavy atom. The Bertz CT molecular complexity index is 903. The Balaban J connectivity index is 2.07. The molecule has 0 aliphatic rings. The first-order chi connectivity index (χ1) is 12.3. The van der Waals surface area contributed by atoms with E-state index in [0.29, 0.717) is 5.69 Å². The first kappa shape index (κ1) is 17.8. The van der Waals surface area contributed by atoms with Crippen LogP contribution in [-0.4, -0.2) is 19.5 Å². The Hall–Kier alpha value is -2.97.